The topological polar surface area (TPSA) is 80.2 Å². The summed E-state index contributed by atoms with van der Waals surface area (Å²) in [5.74, 6) is 0.890. The zero-order chi connectivity index (χ0) is 32.5. The minimum Gasteiger partial charge on any atom is -0.494 e. The highest BCUT2D eigenvalue weighted by molar-refractivity contribution is 9.10. The second-order valence-electron chi connectivity index (χ2n) is 11.5. The van der Waals surface area contributed by atoms with Gasteiger partial charge in [0.2, 0.25) is 5.90 Å². The van der Waals surface area contributed by atoms with Crippen molar-refractivity contribution >= 4 is 27.7 Å². The van der Waals surface area contributed by atoms with Gasteiger partial charge in [-0.05, 0) is 64.6 Å². The number of ether oxygens (including phenoxy) is 2. The third kappa shape index (κ3) is 7.64. The molecule has 6 nitrogen and oxygen atoms in total. The molecule has 6 rings (SSSR count). The van der Waals surface area contributed by atoms with Gasteiger partial charge in [-0.15, -0.1) is 0 Å². The molecule has 7 heteroatoms. The molecule has 1 aliphatic rings. The second-order valence-corrected chi connectivity index (χ2v) is 12.4. The number of hydrogen-bond acceptors (Lipinski definition) is 5. The molecule has 0 aromatic heterocycles. The van der Waals surface area contributed by atoms with Crippen molar-refractivity contribution in [3.63, 3.8) is 0 Å². The maximum Gasteiger partial charge on any atom is 0.252 e. The Kier molecular flexibility index (Phi) is 10.5. The highest BCUT2D eigenvalue weighted by atomic mass is 79.9. The molecule has 0 saturated heterocycles. The summed E-state index contributed by atoms with van der Waals surface area (Å²) in [4.78, 5) is 19.8. The van der Waals surface area contributed by atoms with E-state index in [-0.39, 0.29) is 12.5 Å². The molecule has 0 unspecified atom stereocenters. The number of benzene rings is 5. The predicted molar refractivity (Wildman–Crippen MR) is 190 cm³/mol. The highest BCUT2D eigenvalue weighted by Crippen LogP contribution is 2.43. The molecule has 5 aromatic carbocycles. The molecule has 1 aliphatic heterocycles. The molecule has 0 spiro atoms. The Bertz CT molecular complexity index is 1790. The van der Waals surface area contributed by atoms with E-state index in [1.807, 2.05) is 97.1 Å². The van der Waals surface area contributed by atoms with Crippen LogP contribution in [0.25, 0.3) is 11.1 Å². The standard InChI is InChI=1S/C40H37BrN2O4/c41-36-15-8-7-14-34(36)28-40(39(45)42-25-24-29-10-3-1-4-11-29)37(32-18-16-31(17-19-32)30-12-5-2-6-13-30)47-38(43-40)33-20-22-35(23-21-33)46-27-9-26-44/h1-8,10-23,37,44H,9,24-28H2,(H,42,45)/t37-,40-/m1/s1. The van der Waals surface area contributed by atoms with E-state index in [2.05, 4.69) is 57.6 Å². The van der Waals surface area contributed by atoms with Crippen LogP contribution in [0.5, 0.6) is 5.75 Å². The van der Waals surface area contributed by atoms with Crippen molar-refractivity contribution < 1.29 is 19.4 Å². The van der Waals surface area contributed by atoms with Crippen molar-refractivity contribution in [1.82, 2.24) is 5.32 Å². The zero-order valence-corrected chi connectivity index (χ0v) is 27.6. The van der Waals surface area contributed by atoms with Gasteiger partial charge in [-0.3, -0.25) is 4.79 Å². The number of carbonyl (C=O) groups is 1. The number of amides is 1. The van der Waals surface area contributed by atoms with E-state index >= 15 is 0 Å². The average molecular weight is 690 g/mol. The molecule has 0 saturated carbocycles. The second kappa shape index (κ2) is 15.2. The van der Waals surface area contributed by atoms with Gasteiger partial charge in [-0.25, -0.2) is 4.99 Å². The van der Waals surface area contributed by atoms with Crippen LogP contribution >= 0.6 is 15.9 Å². The van der Waals surface area contributed by atoms with Crippen molar-refractivity contribution in [2.24, 2.45) is 4.99 Å². The molecule has 0 aliphatic carbocycles. The lowest BCUT2D eigenvalue weighted by atomic mass is 9.81. The molecular formula is C40H37BrN2O4. The van der Waals surface area contributed by atoms with E-state index in [9.17, 15) is 4.79 Å². The third-order valence-electron chi connectivity index (χ3n) is 8.31. The van der Waals surface area contributed by atoms with Gasteiger partial charge < -0.3 is 19.9 Å². The maximum atomic E-state index is 14.6. The van der Waals surface area contributed by atoms with Crippen molar-refractivity contribution in [1.29, 1.82) is 0 Å². The summed E-state index contributed by atoms with van der Waals surface area (Å²) in [6.45, 7) is 0.959. The molecule has 0 fully saturated rings. The fraction of sp³-hybridized carbons (Fsp3) is 0.200. The van der Waals surface area contributed by atoms with Crippen LogP contribution in [0.15, 0.2) is 143 Å². The number of hydrogen-bond donors (Lipinski definition) is 2. The van der Waals surface area contributed by atoms with Crippen molar-refractivity contribution in [3.8, 4) is 16.9 Å². The van der Waals surface area contributed by atoms with Crippen LogP contribution in [0.4, 0.5) is 0 Å². The van der Waals surface area contributed by atoms with E-state index in [1.54, 1.807) is 0 Å². The summed E-state index contributed by atoms with van der Waals surface area (Å²) in [5, 5.41) is 12.3. The fourth-order valence-electron chi connectivity index (χ4n) is 5.81. The first-order chi connectivity index (χ1) is 23.1. The fourth-order valence-corrected chi connectivity index (χ4v) is 6.24. The Morgan fingerprint density at radius 2 is 1.45 bits per heavy atom. The maximum absolute atomic E-state index is 14.6. The molecule has 1 amide bonds. The van der Waals surface area contributed by atoms with Crippen LogP contribution in [0.3, 0.4) is 0 Å². The molecule has 2 atom stereocenters. The van der Waals surface area contributed by atoms with E-state index in [1.165, 1.54) is 0 Å². The van der Waals surface area contributed by atoms with Gasteiger partial charge in [-0.2, -0.15) is 0 Å². The summed E-state index contributed by atoms with van der Waals surface area (Å²) in [6.07, 6.45) is 0.886. The molecule has 1 heterocycles. The van der Waals surface area contributed by atoms with Crippen LogP contribution in [-0.4, -0.2) is 42.2 Å². The Hall–Kier alpha value is -4.72. The molecule has 0 bridgehead atoms. The minimum absolute atomic E-state index is 0.0729. The van der Waals surface area contributed by atoms with Crippen molar-refractivity contribution in [2.75, 3.05) is 19.8 Å². The van der Waals surface area contributed by atoms with Gasteiger partial charge >= 0.3 is 0 Å². The monoisotopic (exact) mass is 688 g/mol. The molecule has 2 N–H and O–H groups in total. The van der Waals surface area contributed by atoms with Gasteiger partial charge in [0.1, 0.15) is 5.75 Å². The zero-order valence-electron chi connectivity index (χ0n) is 26.0. The van der Waals surface area contributed by atoms with E-state index < -0.39 is 11.6 Å². The first-order valence-corrected chi connectivity index (χ1v) is 16.7. The van der Waals surface area contributed by atoms with E-state index in [0.29, 0.717) is 44.1 Å². The lowest BCUT2D eigenvalue weighted by Crippen LogP contribution is -2.50. The Morgan fingerprint density at radius 3 is 2.15 bits per heavy atom. The molecule has 47 heavy (non-hydrogen) atoms. The van der Waals surface area contributed by atoms with Crippen molar-refractivity contribution in [3.05, 3.63) is 160 Å². The number of nitrogens with one attached hydrogen (secondary N) is 1. The van der Waals surface area contributed by atoms with Crippen LogP contribution in [0.1, 0.15) is 34.8 Å². The minimum atomic E-state index is -1.29. The molecular weight excluding hydrogens is 652 g/mol. The Morgan fingerprint density at radius 1 is 0.809 bits per heavy atom. The summed E-state index contributed by atoms with van der Waals surface area (Å²) in [7, 11) is 0. The number of aliphatic hydroxyl groups excluding tert-OH is 1. The summed E-state index contributed by atoms with van der Waals surface area (Å²) in [6, 6.07) is 44.0. The predicted octanol–water partition coefficient (Wildman–Crippen LogP) is 7.74. The number of aliphatic imine (C=N–C) groups is 1. The smallest absolute Gasteiger partial charge is 0.252 e. The quantitative estimate of drug-likeness (QED) is 0.124. The van der Waals surface area contributed by atoms with Gasteiger partial charge in [0.05, 0.1) is 6.61 Å². The lowest BCUT2D eigenvalue weighted by molar-refractivity contribution is -0.128. The SMILES string of the molecule is O=C(NCCc1ccccc1)[C@]1(Cc2ccccc2Br)N=C(c2ccc(OCCCO)cc2)O[C@@H]1c1ccc(-c2ccccc2)cc1. The van der Waals surface area contributed by atoms with Crippen LogP contribution in [-0.2, 0) is 22.4 Å². The van der Waals surface area contributed by atoms with E-state index in [4.69, 9.17) is 19.6 Å². The molecule has 238 valence electrons. The highest BCUT2D eigenvalue weighted by Gasteiger charge is 2.53. The Labute approximate surface area is 284 Å². The first-order valence-electron chi connectivity index (χ1n) is 15.9. The number of nitrogens with zero attached hydrogens (tertiary/aromatic N) is 1. The number of rotatable bonds is 13. The number of aliphatic hydroxyl groups is 1. The van der Waals surface area contributed by atoms with Crippen LogP contribution in [0.2, 0.25) is 0 Å². The lowest BCUT2D eigenvalue weighted by Gasteiger charge is -2.31. The normalized spacial score (nSPS) is 17.1. The first kappa shape index (κ1) is 32.2. The molecule has 5 aromatic rings. The third-order valence-corrected chi connectivity index (χ3v) is 9.08. The largest absolute Gasteiger partial charge is 0.494 e. The van der Waals surface area contributed by atoms with Crippen molar-refractivity contribution in [2.45, 2.75) is 30.9 Å². The summed E-state index contributed by atoms with van der Waals surface area (Å²) < 4.78 is 13.4. The van der Waals surface area contributed by atoms with Crippen LogP contribution < -0.4 is 10.1 Å². The van der Waals surface area contributed by atoms with Gasteiger partial charge in [0.25, 0.3) is 5.91 Å². The number of carbonyl (C=O) groups excluding carboxylic acids is 1. The van der Waals surface area contributed by atoms with Crippen LogP contribution in [0, 0.1) is 0 Å². The summed E-state index contributed by atoms with van der Waals surface area (Å²) >= 11 is 3.71. The average Bonchev–Trinajstić information content (AvgIpc) is 3.51. The number of halogens is 1. The van der Waals surface area contributed by atoms with Gasteiger partial charge in [0.15, 0.2) is 11.6 Å². The van der Waals surface area contributed by atoms with E-state index in [0.717, 1.165) is 37.9 Å². The molecule has 0 radical (unpaired) electrons. The van der Waals surface area contributed by atoms with Gasteiger partial charge in [0, 0.05) is 36.0 Å². The van der Waals surface area contributed by atoms with Gasteiger partial charge in [-0.1, -0.05) is 119 Å². The summed E-state index contributed by atoms with van der Waals surface area (Å²) in [5.41, 5.74) is 4.61. The Balaban J connectivity index is 1.38.